The van der Waals surface area contributed by atoms with Crippen LogP contribution in [-0.2, 0) is 0 Å². The van der Waals surface area contributed by atoms with Gasteiger partial charge in [0.2, 0.25) is 0 Å². The molecule has 0 unspecified atom stereocenters. The van der Waals surface area contributed by atoms with Crippen LogP contribution in [0.4, 0.5) is 0 Å². The minimum absolute atomic E-state index is 0. The Hall–Kier alpha value is 1.41. The molecule has 0 aromatic carbocycles. The average molecular weight is 94.9 g/mol. The Morgan fingerprint density at radius 2 is 1.29 bits per heavy atom. The van der Waals surface area contributed by atoms with Gasteiger partial charge in [0.1, 0.15) is 0 Å². The van der Waals surface area contributed by atoms with Crippen LogP contribution in [0.5, 0.6) is 0 Å². The summed E-state index contributed by atoms with van der Waals surface area (Å²) in [6.45, 7) is 0. The van der Waals surface area contributed by atoms with E-state index >= 15 is 0 Å². The van der Waals surface area contributed by atoms with Crippen molar-refractivity contribution in [1.82, 2.24) is 0 Å². The van der Waals surface area contributed by atoms with Gasteiger partial charge in [0, 0.05) is 0 Å². The van der Waals surface area contributed by atoms with Gasteiger partial charge >= 0.3 is 56.6 Å². The maximum absolute atomic E-state index is 8.72. The van der Waals surface area contributed by atoms with Crippen LogP contribution in [-0.4, -0.2) is 15.0 Å². The van der Waals surface area contributed by atoms with Crippen LogP contribution in [0, 0.1) is 10.1 Å². The van der Waals surface area contributed by atoms with Crippen molar-refractivity contribution in [3.05, 3.63) is 10.1 Å². The van der Waals surface area contributed by atoms with Crippen LogP contribution in [0.1, 0.15) is 0 Å². The van der Waals surface area contributed by atoms with E-state index in [0.717, 1.165) is 0 Å². The maximum atomic E-state index is 8.72. The minimum atomic E-state index is -0.694. The molecule has 7 heavy (non-hydrogen) atoms. The van der Waals surface area contributed by atoms with E-state index in [1.807, 2.05) is 10.4 Å². The molecule has 0 heterocycles. The summed E-state index contributed by atoms with van der Waals surface area (Å²) in [5.41, 5.74) is 0. The van der Waals surface area contributed by atoms with Crippen molar-refractivity contribution in [3.8, 4) is 0 Å². The van der Waals surface area contributed by atoms with Gasteiger partial charge < -0.3 is 10.1 Å². The van der Waals surface area contributed by atoms with Gasteiger partial charge in [-0.25, -0.2) is 4.59 Å². The van der Waals surface area contributed by atoms with E-state index in [2.05, 4.69) is 0 Å². The molecule has 3 nitrogen and oxygen atoms in total. The fourth-order valence-corrected chi connectivity index (χ4v) is 0. The van der Waals surface area contributed by atoms with Gasteiger partial charge in [-0.3, -0.25) is 0 Å². The zero-order chi connectivity index (χ0) is 3.58. The molecular formula is Li3NO2Si+2. The Labute approximate surface area is 81.2 Å². The summed E-state index contributed by atoms with van der Waals surface area (Å²) < 4.78 is -0.694. The molecule has 2 radical (unpaired) electrons. The second-order valence-corrected chi connectivity index (χ2v) is 0.622. The van der Waals surface area contributed by atoms with Crippen molar-refractivity contribution in [3.63, 3.8) is 0 Å². The molecule has 0 aromatic heterocycles. The summed E-state index contributed by atoms with van der Waals surface area (Å²) in [6, 6.07) is 0. The van der Waals surface area contributed by atoms with Crippen LogP contribution in [0.2, 0.25) is 0 Å². The molecule has 0 aliphatic rings. The van der Waals surface area contributed by atoms with Gasteiger partial charge in [-0.05, 0) is 0 Å². The van der Waals surface area contributed by atoms with E-state index < -0.39 is 4.59 Å². The van der Waals surface area contributed by atoms with Crippen LogP contribution in [0.15, 0.2) is 0 Å². The predicted molar refractivity (Wildman–Crippen MR) is 12.7 cm³/mol. The average Bonchev–Trinajstić information content (AvgIpc) is 0.811. The topological polar surface area (TPSA) is 43.1 Å². The fraction of sp³-hybridized carbons (Fsp3) is 0. The summed E-state index contributed by atoms with van der Waals surface area (Å²) in [4.78, 5) is 8.72. The molecule has 0 aliphatic heterocycles. The van der Waals surface area contributed by atoms with Gasteiger partial charge in [-0.1, -0.05) is 0 Å². The molecule has 22 valence electrons. The molecule has 0 aliphatic carbocycles. The maximum Gasteiger partial charge on any atom is 1.00 e. The van der Waals surface area contributed by atoms with Crippen LogP contribution in [0.25, 0.3) is 0 Å². The summed E-state index contributed by atoms with van der Waals surface area (Å²) in [5, 5.41) is 8.72. The third-order valence-electron chi connectivity index (χ3n) is 0. The first-order valence-electron chi connectivity index (χ1n) is 0.589. The first kappa shape index (κ1) is 23.7. The zero-order valence-electron chi connectivity index (χ0n) is 4.76. The Balaban J connectivity index is -0.0000000150. The van der Waals surface area contributed by atoms with Crippen molar-refractivity contribution in [1.29, 1.82) is 0 Å². The predicted octanol–water partition coefficient (Wildman–Crippen LogP) is -9.64. The molecule has 0 bridgehead atoms. The molecule has 0 atom stereocenters. The number of nitro groups is 1. The van der Waals surface area contributed by atoms with E-state index in [4.69, 9.17) is 10.1 Å². The van der Waals surface area contributed by atoms with Crippen LogP contribution >= 0.6 is 0 Å². The van der Waals surface area contributed by atoms with Crippen LogP contribution in [0.3, 0.4) is 0 Å². The van der Waals surface area contributed by atoms with Crippen LogP contribution < -0.4 is 56.6 Å². The molecule has 7 heteroatoms. The number of rotatable bonds is 0. The Morgan fingerprint density at radius 3 is 1.29 bits per heavy atom. The standard InChI is InChI=1S/3Li.NO2Si/c;;;2-1(3)4/q3*+1;-1. The SMILES string of the molecule is O=[N+]([O-])[Si-].[Li+].[Li+].[Li+]. The molecule has 0 saturated heterocycles. The Morgan fingerprint density at radius 1 is 1.29 bits per heavy atom. The van der Waals surface area contributed by atoms with Crippen molar-refractivity contribution in [2.24, 2.45) is 0 Å². The largest absolute Gasteiger partial charge is 1.00 e. The smallest absolute Gasteiger partial charge is 0.325 e. The molecule has 0 N–H and O–H groups in total. The second-order valence-electron chi connectivity index (χ2n) is 0.257. The number of nitrogens with zero attached hydrogens (tertiary/aromatic N) is 1. The molecule has 0 fully saturated rings. The summed E-state index contributed by atoms with van der Waals surface area (Å²) in [6.07, 6.45) is 0. The van der Waals surface area contributed by atoms with E-state index in [1.54, 1.807) is 0 Å². The van der Waals surface area contributed by atoms with Gasteiger partial charge in [0.05, 0.1) is 0 Å². The zero-order valence-corrected chi connectivity index (χ0v) is 5.76. The van der Waals surface area contributed by atoms with Gasteiger partial charge in [-0.15, -0.1) is 10.4 Å². The third-order valence-corrected chi connectivity index (χ3v) is 0. The minimum Gasteiger partial charge on any atom is -0.325 e. The van der Waals surface area contributed by atoms with Gasteiger partial charge in [-0.2, -0.15) is 0 Å². The third kappa shape index (κ3) is 109. The van der Waals surface area contributed by atoms with E-state index in [1.165, 1.54) is 0 Å². The first-order chi connectivity index (χ1) is 1.73. The molecule has 0 spiro atoms. The van der Waals surface area contributed by atoms with Gasteiger partial charge in [0.15, 0.2) is 0 Å². The van der Waals surface area contributed by atoms with E-state index in [9.17, 15) is 0 Å². The van der Waals surface area contributed by atoms with E-state index in [-0.39, 0.29) is 56.6 Å². The monoisotopic (exact) mass is 95.0 g/mol. The Kier molecular flexibility index (Phi) is 53.1. The van der Waals surface area contributed by atoms with Crippen molar-refractivity contribution in [2.75, 3.05) is 0 Å². The number of hydrogen-bond acceptors (Lipinski definition) is 2. The fourth-order valence-electron chi connectivity index (χ4n) is 0. The molecule has 0 aromatic rings. The Bertz CT molecular complexity index is 35.9. The first-order valence-corrected chi connectivity index (χ1v) is 1.04. The summed E-state index contributed by atoms with van der Waals surface area (Å²) in [5.74, 6) is 0. The molecule has 0 saturated carbocycles. The summed E-state index contributed by atoms with van der Waals surface area (Å²) >= 11 is 0. The van der Waals surface area contributed by atoms with Gasteiger partial charge in [0.25, 0.3) is 0 Å². The normalized spacial score (nSPS) is 3.43. The molecule has 0 amide bonds. The van der Waals surface area contributed by atoms with Crippen molar-refractivity contribution >= 4 is 10.4 Å². The summed E-state index contributed by atoms with van der Waals surface area (Å²) in [7, 11) is 2.03. The number of hydrogen-bond donors (Lipinski definition) is 0. The molecular weight excluding hydrogens is 94.9 g/mol. The van der Waals surface area contributed by atoms with Crippen molar-refractivity contribution < 1.29 is 61.2 Å². The van der Waals surface area contributed by atoms with Crippen molar-refractivity contribution in [2.45, 2.75) is 0 Å². The second kappa shape index (κ2) is 15.7. The quantitative estimate of drug-likeness (QED) is 0.170. The molecule has 0 rings (SSSR count). The van der Waals surface area contributed by atoms with E-state index in [0.29, 0.717) is 0 Å².